The molecule has 0 atom stereocenters. The van der Waals surface area contributed by atoms with E-state index in [4.69, 9.17) is 9.40 Å². The van der Waals surface area contributed by atoms with Gasteiger partial charge in [0.05, 0.1) is 16.7 Å². The third-order valence-corrected chi connectivity index (χ3v) is 9.65. The van der Waals surface area contributed by atoms with Crippen molar-refractivity contribution in [2.75, 3.05) is 4.90 Å². The molecule has 0 N–H and O–H groups in total. The van der Waals surface area contributed by atoms with E-state index in [1.54, 1.807) is 0 Å². The van der Waals surface area contributed by atoms with Crippen molar-refractivity contribution in [3.8, 4) is 16.8 Å². The second-order valence-electron chi connectivity index (χ2n) is 12.4. The van der Waals surface area contributed by atoms with Gasteiger partial charge in [-0.15, -0.1) is 0 Å². The highest BCUT2D eigenvalue weighted by atomic mass is 16.3. The number of hydrogen-bond donors (Lipinski definition) is 0. The van der Waals surface area contributed by atoms with Crippen LogP contribution in [0.2, 0.25) is 0 Å². The summed E-state index contributed by atoms with van der Waals surface area (Å²) in [5, 5.41) is 6.89. The Balaban J connectivity index is 1.18. The minimum absolute atomic E-state index is 0.786. The topological polar surface area (TPSA) is 34.2 Å². The van der Waals surface area contributed by atoms with Gasteiger partial charge in [-0.25, -0.2) is 4.98 Å². The molecule has 230 valence electrons. The normalized spacial score (nSPS) is 11.7. The number of furan rings is 1. The van der Waals surface area contributed by atoms with E-state index in [0.717, 1.165) is 50.2 Å². The maximum atomic E-state index is 6.36. The first kappa shape index (κ1) is 27.5. The molecule has 0 aliphatic carbocycles. The van der Waals surface area contributed by atoms with Crippen molar-refractivity contribution in [2.24, 2.45) is 0 Å². The van der Waals surface area contributed by atoms with Gasteiger partial charge in [-0.05, 0) is 65.0 Å². The fourth-order valence-corrected chi connectivity index (χ4v) is 7.43. The van der Waals surface area contributed by atoms with E-state index in [2.05, 4.69) is 161 Å². The number of rotatable bonds is 5. The van der Waals surface area contributed by atoms with Gasteiger partial charge in [0.25, 0.3) is 0 Å². The Kier molecular flexibility index (Phi) is 6.15. The van der Waals surface area contributed by atoms with Gasteiger partial charge < -0.3 is 8.98 Å². The molecule has 0 amide bonds. The van der Waals surface area contributed by atoms with Gasteiger partial charge in [0, 0.05) is 50.6 Å². The van der Waals surface area contributed by atoms with Gasteiger partial charge in [-0.3, -0.25) is 4.90 Å². The zero-order chi connectivity index (χ0) is 32.3. The van der Waals surface area contributed by atoms with Crippen LogP contribution in [0.4, 0.5) is 17.2 Å². The summed E-state index contributed by atoms with van der Waals surface area (Å²) in [5.41, 5.74) is 9.58. The number of benzene rings is 7. The molecule has 0 spiro atoms. The first-order valence-corrected chi connectivity index (χ1v) is 16.5. The third kappa shape index (κ3) is 4.35. The van der Waals surface area contributed by atoms with Crippen molar-refractivity contribution in [1.29, 1.82) is 0 Å². The summed E-state index contributed by atoms with van der Waals surface area (Å²) in [7, 11) is 0. The minimum atomic E-state index is 0.786. The molecule has 49 heavy (non-hydrogen) atoms. The van der Waals surface area contributed by atoms with Crippen LogP contribution in [0.3, 0.4) is 0 Å². The van der Waals surface area contributed by atoms with Crippen LogP contribution in [0.5, 0.6) is 0 Å². The van der Waals surface area contributed by atoms with Gasteiger partial charge in [-0.1, -0.05) is 115 Å². The van der Waals surface area contributed by atoms with Crippen LogP contribution >= 0.6 is 0 Å². The Morgan fingerprint density at radius 1 is 0.469 bits per heavy atom. The number of nitrogens with zero attached hydrogens (tertiary/aromatic N) is 3. The Morgan fingerprint density at radius 3 is 1.82 bits per heavy atom. The van der Waals surface area contributed by atoms with Crippen LogP contribution in [0.25, 0.3) is 71.3 Å². The summed E-state index contributed by atoms with van der Waals surface area (Å²) in [4.78, 5) is 7.33. The van der Waals surface area contributed by atoms with Crippen molar-refractivity contribution in [1.82, 2.24) is 9.55 Å². The summed E-state index contributed by atoms with van der Waals surface area (Å²) in [5.74, 6) is 0.786. The Bertz CT molecular complexity index is 2780. The lowest BCUT2D eigenvalue weighted by molar-refractivity contribution is 0.668. The first-order valence-electron chi connectivity index (χ1n) is 16.5. The number of anilines is 3. The molecule has 0 fully saturated rings. The Hall–Kier alpha value is -6.65. The lowest BCUT2D eigenvalue weighted by Crippen LogP contribution is -2.12. The zero-order valence-electron chi connectivity index (χ0n) is 26.5. The van der Waals surface area contributed by atoms with Crippen LogP contribution in [0.1, 0.15) is 0 Å². The van der Waals surface area contributed by atoms with E-state index >= 15 is 0 Å². The zero-order valence-corrected chi connectivity index (χ0v) is 26.5. The molecule has 0 bridgehead atoms. The largest absolute Gasteiger partial charge is 0.456 e. The molecule has 0 radical (unpaired) electrons. The second-order valence-corrected chi connectivity index (χ2v) is 12.4. The van der Waals surface area contributed by atoms with Gasteiger partial charge >= 0.3 is 0 Å². The Morgan fingerprint density at radius 2 is 1.08 bits per heavy atom. The van der Waals surface area contributed by atoms with Crippen LogP contribution in [-0.2, 0) is 0 Å². The molecule has 0 unspecified atom stereocenters. The van der Waals surface area contributed by atoms with Crippen molar-refractivity contribution < 1.29 is 4.42 Å². The molecule has 0 aliphatic rings. The number of aromatic nitrogens is 2. The number of fused-ring (bicyclic) bond motifs is 7. The SMILES string of the molecule is c1ccc(-c2ccc(N(c3ccc(-n4c5ccccc5c5ccccc54)cc3)c3cc4oc5ccccc5c4cn3)c3ccccc23)cc1. The van der Waals surface area contributed by atoms with E-state index in [9.17, 15) is 0 Å². The van der Waals surface area contributed by atoms with Crippen molar-refractivity contribution in [2.45, 2.75) is 0 Å². The van der Waals surface area contributed by atoms with Gasteiger partial charge in [0.2, 0.25) is 0 Å². The first-order chi connectivity index (χ1) is 24.3. The van der Waals surface area contributed by atoms with Gasteiger partial charge in [0.15, 0.2) is 0 Å². The summed E-state index contributed by atoms with van der Waals surface area (Å²) in [6, 6.07) is 59.9. The third-order valence-electron chi connectivity index (χ3n) is 9.65. The molecule has 0 saturated carbocycles. The summed E-state index contributed by atoms with van der Waals surface area (Å²) >= 11 is 0. The van der Waals surface area contributed by atoms with Gasteiger partial charge in [-0.2, -0.15) is 0 Å². The molecule has 4 heteroatoms. The van der Waals surface area contributed by atoms with Crippen molar-refractivity contribution >= 4 is 71.7 Å². The van der Waals surface area contributed by atoms with Gasteiger partial charge in [0.1, 0.15) is 17.0 Å². The van der Waals surface area contributed by atoms with Crippen LogP contribution < -0.4 is 4.90 Å². The minimum Gasteiger partial charge on any atom is -0.456 e. The van der Waals surface area contributed by atoms with E-state index in [1.165, 1.54) is 38.3 Å². The highest BCUT2D eigenvalue weighted by Crippen LogP contribution is 2.43. The average molecular weight is 628 g/mol. The number of hydrogen-bond acceptors (Lipinski definition) is 3. The summed E-state index contributed by atoms with van der Waals surface area (Å²) in [6.45, 7) is 0. The molecule has 10 aromatic rings. The quantitative estimate of drug-likeness (QED) is 0.190. The van der Waals surface area contributed by atoms with Crippen molar-refractivity contribution in [3.63, 3.8) is 0 Å². The monoisotopic (exact) mass is 627 g/mol. The van der Waals surface area contributed by atoms with E-state index < -0.39 is 0 Å². The Labute approximate surface area is 282 Å². The lowest BCUT2D eigenvalue weighted by Gasteiger charge is -2.26. The number of pyridine rings is 1. The number of para-hydroxylation sites is 3. The predicted octanol–water partition coefficient (Wildman–Crippen LogP) is 12.4. The fourth-order valence-electron chi connectivity index (χ4n) is 7.43. The summed E-state index contributed by atoms with van der Waals surface area (Å²) < 4.78 is 8.71. The molecule has 3 heterocycles. The smallest absolute Gasteiger partial charge is 0.141 e. The second kappa shape index (κ2) is 11.0. The molecular weight excluding hydrogens is 599 g/mol. The average Bonchev–Trinajstić information content (AvgIpc) is 3.71. The maximum absolute atomic E-state index is 6.36. The van der Waals surface area contributed by atoms with Crippen LogP contribution in [0, 0.1) is 0 Å². The fraction of sp³-hybridized carbons (Fsp3) is 0. The van der Waals surface area contributed by atoms with Crippen molar-refractivity contribution in [3.05, 3.63) is 176 Å². The van der Waals surface area contributed by atoms with Crippen LogP contribution in [-0.4, -0.2) is 9.55 Å². The standard InChI is InChI=1S/C45H29N3O/c1-2-12-30(13-3-1)33-26-27-42(35-15-5-4-14-34(33)35)48(45-28-44-39(29-46-45)38-18-8-11-21-43(38)49-44)32-24-22-31(23-25-32)47-40-19-9-6-16-36(40)37-17-7-10-20-41(37)47/h1-29H. The van der Waals surface area contributed by atoms with E-state index in [0.29, 0.717) is 0 Å². The predicted molar refractivity (Wildman–Crippen MR) is 203 cm³/mol. The van der Waals surface area contributed by atoms with E-state index in [-0.39, 0.29) is 0 Å². The molecule has 0 saturated heterocycles. The molecule has 7 aromatic carbocycles. The maximum Gasteiger partial charge on any atom is 0.141 e. The van der Waals surface area contributed by atoms with E-state index in [1.807, 2.05) is 24.4 Å². The molecule has 10 rings (SSSR count). The molecule has 0 aliphatic heterocycles. The highest BCUT2D eigenvalue weighted by molar-refractivity contribution is 6.10. The van der Waals surface area contributed by atoms with Crippen LogP contribution in [0.15, 0.2) is 180 Å². The molecule has 4 nitrogen and oxygen atoms in total. The summed E-state index contributed by atoms with van der Waals surface area (Å²) in [6.07, 6.45) is 1.94. The highest BCUT2D eigenvalue weighted by Gasteiger charge is 2.21. The lowest BCUT2D eigenvalue weighted by atomic mass is 9.96. The molecular formula is C45H29N3O. The molecule has 3 aromatic heterocycles.